The first-order chi connectivity index (χ1) is 14.5. The molecular weight excluding hydrogens is 409 g/mol. The summed E-state index contributed by atoms with van der Waals surface area (Å²) in [5.74, 6) is 0.904. The lowest BCUT2D eigenvalue weighted by atomic mass is 10.1. The Bertz CT molecular complexity index is 1380. The average Bonchev–Trinajstić information content (AvgIpc) is 3.17. The Morgan fingerprint density at radius 2 is 1.81 bits per heavy atom. The van der Waals surface area contributed by atoms with Gasteiger partial charge in [-0.1, -0.05) is 17.7 Å². The SMILES string of the molecule is Cc1ccc(C)c(-c2nc(Cn3c(=O)cc(C(F)(F)F)c4c(C)nn(C)c43)c(C)o2)c1. The van der Waals surface area contributed by atoms with E-state index >= 15 is 0 Å². The van der Waals surface area contributed by atoms with Gasteiger partial charge >= 0.3 is 6.18 Å². The van der Waals surface area contributed by atoms with Gasteiger partial charge in [0.2, 0.25) is 5.89 Å². The van der Waals surface area contributed by atoms with Crippen LogP contribution in [0.5, 0.6) is 0 Å². The molecule has 6 nitrogen and oxygen atoms in total. The molecule has 3 heterocycles. The molecule has 0 spiro atoms. The summed E-state index contributed by atoms with van der Waals surface area (Å²) >= 11 is 0. The van der Waals surface area contributed by atoms with Crippen LogP contribution in [0.25, 0.3) is 22.5 Å². The van der Waals surface area contributed by atoms with Gasteiger partial charge in [0, 0.05) is 18.7 Å². The average molecular weight is 430 g/mol. The van der Waals surface area contributed by atoms with E-state index in [1.54, 1.807) is 6.92 Å². The number of rotatable bonds is 3. The van der Waals surface area contributed by atoms with Gasteiger partial charge in [-0.2, -0.15) is 18.3 Å². The third-order valence-corrected chi connectivity index (χ3v) is 5.38. The van der Waals surface area contributed by atoms with Gasteiger partial charge in [-0.15, -0.1) is 0 Å². The van der Waals surface area contributed by atoms with Crippen molar-refractivity contribution >= 4 is 11.0 Å². The quantitative estimate of drug-likeness (QED) is 0.473. The number of aromatic nitrogens is 4. The van der Waals surface area contributed by atoms with Crippen molar-refractivity contribution in [2.24, 2.45) is 7.05 Å². The molecule has 0 saturated heterocycles. The van der Waals surface area contributed by atoms with E-state index in [1.807, 2.05) is 32.0 Å². The Labute approximate surface area is 175 Å². The van der Waals surface area contributed by atoms with Gasteiger partial charge in [-0.05, 0) is 39.3 Å². The van der Waals surface area contributed by atoms with Gasteiger partial charge in [-0.25, -0.2) is 4.98 Å². The van der Waals surface area contributed by atoms with Crippen LogP contribution in [-0.4, -0.2) is 19.3 Å². The molecule has 4 aromatic rings. The maximum Gasteiger partial charge on any atom is 0.417 e. The number of alkyl halides is 3. The molecule has 0 bridgehead atoms. The minimum atomic E-state index is -4.66. The van der Waals surface area contributed by atoms with E-state index < -0.39 is 17.3 Å². The van der Waals surface area contributed by atoms with E-state index in [-0.39, 0.29) is 23.3 Å². The Kier molecular flexibility index (Phi) is 4.79. The highest BCUT2D eigenvalue weighted by Crippen LogP contribution is 2.35. The number of fused-ring (bicyclic) bond motifs is 1. The molecular formula is C22H21F3N4O2. The molecule has 162 valence electrons. The summed E-state index contributed by atoms with van der Waals surface area (Å²) in [6.45, 7) is 7.08. The van der Waals surface area contributed by atoms with E-state index in [9.17, 15) is 18.0 Å². The van der Waals surface area contributed by atoms with Gasteiger partial charge in [0.05, 0.1) is 23.2 Å². The van der Waals surface area contributed by atoms with Crippen molar-refractivity contribution in [1.29, 1.82) is 0 Å². The summed E-state index contributed by atoms with van der Waals surface area (Å²) in [5, 5.41) is 4.03. The topological polar surface area (TPSA) is 65.8 Å². The van der Waals surface area contributed by atoms with E-state index in [0.29, 0.717) is 23.4 Å². The smallest absolute Gasteiger partial charge is 0.417 e. The summed E-state index contributed by atoms with van der Waals surface area (Å²) in [6, 6.07) is 6.53. The van der Waals surface area contributed by atoms with Gasteiger partial charge < -0.3 is 4.42 Å². The number of pyridine rings is 1. The molecule has 0 saturated carbocycles. The summed E-state index contributed by atoms with van der Waals surface area (Å²) < 4.78 is 49.1. The zero-order chi connectivity index (χ0) is 22.7. The maximum atomic E-state index is 13.6. The Hall–Kier alpha value is -3.36. The predicted octanol–water partition coefficient (Wildman–Crippen LogP) is 4.69. The summed E-state index contributed by atoms with van der Waals surface area (Å²) in [4.78, 5) is 17.3. The van der Waals surface area contributed by atoms with Crippen LogP contribution in [0, 0.1) is 27.7 Å². The third-order valence-electron chi connectivity index (χ3n) is 5.38. The highest BCUT2D eigenvalue weighted by Gasteiger charge is 2.36. The number of halogens is 3. The van der Waals surface area contributed by atoms with Crippen molar-refractivity contribution in [2.75, 3.05) is 0 Å². The van der Waals surface area contributed by atoms with Crippen molar-refractivity contribution in [1.82, 2.24) is 19.3 Å². The molecule has 31 heavy (non-hydrogen) atoms. The van der Waals surface area contributed by atoms with Crippen LogP contribution in [0.15, 0.2) is 33.5 Å². The highest BCUT2D eigenvalue weighted by molar-refractivity contribution is 5.83. The highest BCUT2D eigenvalue weighted by atomic mass is 19.4. The second kappa shape index (κ2) is 7.11. The van der Waals surface area contributed by atoms with Gasteiger partial charge in [0.25, 0.3) is 5.56 Å². The number of hydrogen-bond acceptors (Lipinski definition) is 4. The maximum absolute atomic E-state index is 13.6. The van der Waals surface area contributed by atoms with Crippen molar-refractivity contribution in [3.8, 4) is 11.5 Å². The molecule has 0 unspecified atom stereocenters. The van der Waals surface area contributed by atoms with Crippen LogP contribution in [0.3, 0.4) is 0 Å². The molecule has 0 aliphatic heterocycles. The van der Waals surface area contributed by atoms with Crippen molar-refractivity contribution in [3.05, 3.63) is 68.5 Å². The van der Waals surface area contributed by atoms with Crippen LogP contribution in [0.2, 0.25) is 0 Å². The molecule has 0 aliphatic rings. The first kappa shape index (κ1) is 20.9. The second-order valence-electron chi connectivity index (χ2n) is 7.73. The van der Waals surface area contributed by atoms with E-state index in [1.165, 1.54) is 23.2 Å². The minimum Gasteiger partial charge on any atom is -0.441 e. The molecule has 0 fully saturated rings. The van der Waals surface area contributed by atoms with Crippen LogP contribution < -0.4 is 5.56 Å². The number of oxazole rings is 1. The molecule has 0 atom stereocenters. The molecule has 0 aliphatic carbocycles. The number of benzene rings is 1. The first-order valence-electron chi connectivity index (χ1n) is 9.65. The second-order valence-corrected chi connectivity index (χ2v) is 7.73. The summed E-state index contributed by atoms with van der Waals surface area (Å²) in [5.41, 5.74) is 1.85. The fourth-order valence-electron chi connectivity index (χ4n) is 3.83. The van der Waals surface area contributed by atoms with E-state index in [2.05, 4.69) is 10.1 Å². The zero-order valence-electron chi connectivity index (χ0n) is 17.8. The molecule has 0 amide bonds. The lowest BCUT2D eigenvalue weighted by Gasteiger charge is -2.13. The fraction of sp³-hybridized carbons (Fsp3) is 0.318. The van der Waals surface area contributed by atoms with Crippen LogP contribution in [-0.2, 0) is 19.8 Å². The molecule has 9 heteroatoms. The molecule has 3 aromatic heterocycles. The van der Waals surface area contributed by atoms with Crippen molar-refractivity contribution < 1.29 is 17.6 Å². The normalized spacial score (nSPS) is 12.1. The van der Waals surface area contributed by atoms with Gasteiger partial charge in [0.1, 0.15) is 17.1 Å². The molecule has 0 radical (unpaired) electrons. The first-order valence-corrected chi connectivity index (χ1v) is 9.65. The lowest BCUT2D eigenvalue weighted by molar-refractivity contribution is -0.136. The Morgan fingerprint density at radius 3 is 2.48 bits per heavy atom. The van der Waals surface area contributed by atoms with Crippen LogP contribution in [0.4, 0.5) is 13.2 Å². The molecule has 4 rings (SSSR count). The predicted molar refractivity (Wildman–Crippen MR) is 110 cm³/mol. The number of aryl methyl sites for hydroxylation is 5. The van der Waals surface area contributed by atoms with E-state index in [0.717, 1.165) is 16.7 Å². The van der Waals surface area contributed by atoms with Crippen LogP contribution in [0.1, 0.15) is 33.8 Å². The largest absolute Gasteiger partial charge is 0.441 e. The lowest BCUT2D eigenvalue weighted by Crippen LogP contribution is -2.25. The standard InChI is InChI=1S/C22H21F3N4O2/c1-11-6-7-12(2)15(8-11)20-26-17(14(4)31-20)10-29-18(30)9-16(22(23,24)25)19-13(3)27-28(5)21(19)29/h6-9H,10H2,1-5H3. The minimum absolute atomic E-state index is 0.0351. The Morgan fingerprint density at radius 1 is 1.10 bits per heavy atom. The van der Waals surface area contributed by atoms with Gasteiger partial charge in [-0.3, -0.25) is 14.0 Å². The van der Waals surface area contributed by atoms with Crippen LogP contribution >= 0.6 is 0 Å². The molecule has 0 N–H and O–H groups in total. The summed E-state index contributed by atoms with van der Waals surface area (Å²) in [7, 11) is 1.52. The Balaban J connectivity index is 1.87. The fourth-order valence-corrected chi connectivity index (χ4v) is 3.83. The van der Waals surface area contributed by atoms with Crippen molar-refractivity contribution in [2.45, 2.75) is 40.4 Å². The van der Waals surface area contributed by atoms with E-state index in [4.69, 9.17) is 4.42 Å². The number of nitrogens with zero attached hydrogens (tertiary/aromatic N) is 4. The zero-order valence-corrected chi connectivity index (χ0v) is 17.8. The van der Waals surface area contributed by atoms with Gasteiger partial charge in [0.15, 0.2) is 0 Å². The summed E-state index contributed by atoms with van der Waals surface area (Å²) in [6.07, 6.45) is -4.66. The molecule has 1 aromatic carbocycles. The number of hydrogen-bond donors (Lipinski definition) is 0. The third kappa shape index (κ3) is 3.54. The van der Waals surface area contributed by atoms with Crippen molar-refractivity contribution in [3.63, 3.8) is 0 Å². The monoisotopic (exact) mass is 430 g/mol.